The van der Waals surface area contributed by atoms with Crippen LogP contribution in [0.3, 0.4) is 0 Å². The minimum absolute atomic E-state index is 0.181. The fourth-order valence-corrected chi connectivity index (χ4v) is 3.77. The highest BCUT2D eigenvalue weighted by atomic mass is 79.9. The van der Waals surface area contributed by atoms with Crippen LogP contribution in [0.5, 0.6) is 0 Å². The van der Waals surface area contributed by atoms with Gasteiger partial charge in [-0.3, -0.25) is 4.90 Å². The van der Waals surface area contributed by atoms with Gasteiger partial charge in [0.1, 0.15) is 0 Å². The predicted octanol–water partition coefficient (Wildman–Crippen LogP) is 4.18. The van der Waals surface area contributed by atoms with Gasteiger partial charge in [-0.1, -0.05) is 53.9 Å². The molecule has 0 saturated heterocycles. The second-order valence-electron chi connectivity index (χ2n) is 6.41. The van der Waals surface area contributed by atoms with E-state index in [1.807, 2.05) is 0 Å². The number of benzene rings is 1. The maximum absolute atomic E-state index is 6.19. The third-order valence-electron chi connectivity index (χ3n) is 5.00. The molecule has 20 heavy (non-hydrogen) atoms. The van der Waals surface area contributed by atoms with Gasteiger partial charge in [0.05, 0.1) is 0 Å². The lowest BCUT2D eigenvalue weighted by atomic mass is 9.87. The Hall–Kier alpha value is -0.380. The van der Waals surface area contributed by atoms with Crippen molar-refractivity contribution in [2.45, 2.75) is 51.1 Å². The Morgan fingerprint density at radius 2 is 2.05 bits per heavy atom. The monoisotopic (exact) mass is 338 g/mol. The van der Waals surface area contributed by atoms with E-state index < -0.39 is 0 Å². The van der Waals surface area contributed by atoms with Crippen molar-refractivity contribution in [2.24, 2.45) is 11.7 Å². The average molecular weight is 339 g/mol. The third kappa shape index (κ3) is 3.63. The van der Waals surface area contributed by atoms with Gasteiger partial charge in [0.2, 0.25) is 0 Å². The van der Waals surface area contributed by atoms with Crippen LogP contribution in [0.2, 0.25) is 0 Å². The Balaban J connectivity index is 2.12. The highest BCUT2D eigenvalue weighted by Gasteiger charge is 2.34. The Morgan fingerprint density at radius 1 is 1.30 bits per heavy atom. The first-order chi connectivity index (χ1) is 9.57. The summed E-state index contributed by atoms with van der Waals surface area (Å²) in [5.41, 5.74) is 7.72. The van der Waals surface area contributed by atoms with Crippen molar-refractivity contribution in [3.05, 3.63) is 34.3 Å². The quantitative estimate of drug-likeness (QED) is 0.834. The molecule has 0 amide bonds. The number of rotatable bonds is 4. The fourth-order valence-electron chi connectivity index (χ4n) is 3.36. The largest absolute Gasteiger partial charge is 0.329 e. The van der Waals surface area contributed by atoms with Gasteiger partial charge in [-0.15, -0.1) is 0 Å². The van der Waals surface area contributed by atoms with Crippen LogP contribution in [0, 0.1) is 5.92 Å². The molecule has 0 radical (unpaired) electrons. The van der Waals surface area contributed by atoms with Crippen molar-refractivity contribution < 1.29 is 0 Å². The first-order valence-corrected chi connectivity index (χ1v) is 8.51. The van der Waals surface area contributed by atoms with Crippen molar-refractivity contribution in [1.82, 2.24) is 4.90 Å². The third-order valence-corrected chi connectivity index (χ3v) is 5.77. The van der Waals surface area contributed by atoms with Crippen molar-refractivity contribution in [3.63, 3.8) is 0 Å². The zero-order chi connectivity index (χ0) is 14.6. The first-order valence-electron chi connectivity index (χ1n) is 7.72. The van der Waals surface area contributed by atoms with E-state index in [-0.39, 0.29) is 5.54 Å². The summed E-state index contributed by atoms with van der Waals surface area (Å²) in [7, 11) is 2.24. The van der Waals surface area contributed by atoms with Gasteiger partial charge in [0.25, 0.3) is 0 Å². The van der Waals surface area contributed by atoms with Crippen molar-refractivity contribution in [1.29, 1.82) is 0 Å². The van der Waals surface area contributed by atoms with E-state index in [0.29, 0.717) is 0 Å². The van der Waals surface area contributed by atoms with E-state index in [4.69, 9.17) is 5.73 Å². The standard InChI is InChI=1S/C17H27BrN2/c1-14-6-5-10-17(13-19,11-9-14)20(2)12-15-7-3-4-8-16(15)18/h3-4,7-8,14H,5-6,9-13,19H2,1-2H3. The Morgan fingerprint density at radius 3 is 2.75 bits per heavy atom. The molecule has 1 aromatic carbocycles. The van der Waals surface area contributed by atoms with E-state index in [1.165, 1.54) is 42.1 Å². The van der Waals surface area contributed by atoms with Gasteiger partial charge in [-0.25, -0.2) is 0 Å². The normalized spacial score (nSPS) is 27.6. The topological polar surface area (TPSA) is 29.3 Å². The molecule has 1 saturated carbocycles. The van der Waals surface area contributed by atoms with Gasteiger partial charge in [-0.05, 0) is 43.9 Å². The molecule has 3 heteroatoms. The van der Waals surface area contributed by atoms with E-state index in [2.05, 4.69) is 59.1 Å². The highest BCUT2D eigenvalue weighted by molar-refractivity contribution is 9.10. The molecular formula is C17H27BrN2. The second kappa shape index (κ2) is 7.06. The summed E-state index contributed by atoms with van der Waals surface area (Å²) in [6, 6.07) is 8.50. The molecular weight excluding hydrogens is 312 g/mol. The molecule has 2 nitrogen and oxygen atoms in total. The summed E-state index contributed by atoms with van der Waals surface area (Å²) in [5.74, 6) is 0.847. The zero-order valence-electron chi connectivity index (χ0n) is 12.7. The molecule has 1 fully saturated rings. The second-order valence-corrected chi connectivity index (χ2v) is 7.27. The van der Waals surface area contributed by atoms with E-state index >= 15 is 0 Å². The summed E-state index contributed by atoms with van der Waals surface area (Å²) < 4.78 is 1.20. The van der Waals surface area contributed by atoms with Crippen molar-refractivity contribution >= 4 is 15.9 Å². The van der Waals surface area contributed by atoms with Gasteiger partial charge in [0, 0.05) is 23.1 Å². The van der Waals surface area contributed by atoms with Gasteiger partial charge in [-0.2, -0.15) is 0 Å². The van der Waals surface area contributed by atoms with Gasteiger partial charge < -0.3 is 5.73 Å². The van der Waals surface area contributed by atoms with Crippen LogP contribution in [0.25, 0.3) is 0 Å². The molecule has 1 aromatic rings. The molecule has 2 atom stereocenters. The summed E-state index contributed by atoms with van der Waals surface area (Å²) in [6.45, 7) is 4.11. The number of nitrogens with two attached hydrogens (primary N) is 1. The molecule has 0 heterocycles. The lowest BCUT2D eigenvalue weighted by Crippen LogP contribution is -2.51. The lowest BCUT2D eigenvalue weighted by Gasteiger charge is -2.41. The van der Waals surface area contributed by atoms with Crippen LogP contribution in [-0.4, -0.2) is 24.0 Å². The summed E-state index contributed by atoms with van der Waals surface area (Å²) >= 11 is 3.66. The van der Waals surface area contributed by atoms with Crippen LogP contribution in [0.1, 0.15) is 44.6 Å². The van der Waals surface area contributed by atoms with E-state index in [0.717, 1.165) is 19.0 Å². The maximum Gasteiger partial charge on any atom is 0.0332 e. The maximum atomic E-state index is 6.19. The Labute approximate surface area is 131 Å². The van der Waals surface area contributed by atoms with Crippen molar-refractivity contribution in [3.8, 4) is 0 Å². The Bertz CT molecular complexity index is 435. The van der Waals surface area contributed by atoms with Gasteiger partial charge >= 0.3 is 0 Å². The summed E-state index contributed by atoms with van der Waals surface area (Å²) in [5, 5.41) is 0. The van der Waals surface area contributed by atoms with Crippen LogP contribution < -0.4 is 5.73 Å². The molecule has 1 aliphatic carbocycles. The van der Waals surface area contributed by atoms with Gasteiger partial charge in [0.15, 0.2) is 0 Å². The number of halogens is 1. The van der Waals surface area contributed by atoms with E-state index in [9.17, 15) is 0 Å². The molecule has 0 bridgehead atoms. The number of likely N-dealkylation sites (N-methyl/N-ethyl adjacent to an activating group) is 1. The van der Waals surface area contributed by atoms with E-state index in [1.54, 1.807) is 0 Å². The Kier molecular flexibility index (Phi) is 5.65. The van der Waals surface area contributed by atoms with Crippen LogP contribution in [-0.2, 0) is 6.54 Å². The van der Waals surface area contributed by atoms with Crippen LogP contribution in [0.4, 0.5) is 0 Å². The first kappa shape index (κ1) is 16.0. The van der Waals surface area contributed by atoms with Crippen LogP contribution >= 0.6 is 15.9 Å². The number of hydrogen-bond donors (Lipinski definition) is 1. The molecule has 0 spiro atoms. The van der Waals surface area contributed by atoms with Crippen molar-refractivity contribution in [2.75, 3.05) is 13.6 Å². The minimum atomic E-state index is 0.181. The van der Waals surface area contributed by atoms with Crippen LogP contribution in [0.15, 0.2) is 28.7 Å². The SMILES string of the molecule is CC1CCCC(CN)(N(C)Cc2ccccc2Br)CC1. The zero-order valence-corrected chi connectivity index (χ0v) is 14.3. The predicted molar refractivity (Wildman–Crippen MR) is 89.6 cm³/mol. The minimum Gasteiger partial charge on any atom is -0.329 e. The highest BCUT2D eigenvalue weighted by Crippen LogP contribution is 2.34. The molecule has 2 rings (SSSR count). The molecule has 2 unspecified atom stereocenters. The lowest BCUT2D eigenvalue weighted by molar-refractivity contribution is 0.0985. The fraction of sp³-hybridized carbons (Fsp3) is 0.647. The summed E-state index contributed by atoms with van der Waals surface area (Å²) in [6.07, 6.45) is 6.42. The molecule has 2 N–H and O–H groups in total. The number of nitrogens with zero attached hydrogens (tertiary/aromatic N) is 1. The average Bonchev–Trinajstić information content (AvgIpc) is 2.64. The molecule has 1 aliphatic rings. The molecule has 112 valence electrons. The molecule has 0 aromatic heterocycles. The smallest absolute Gasteiger partial charge is 0.0332 e. The summed E-state index contributed by atoms with van der Waals surface area (Å²) in [4.78, 5) is 2.49. The number of hydrogen-bond acceptors (Lipinski definition) is 2. The molecule has 0 aliphatic heterocycles.